The lowest BCUT2D eigenvalue weighted by Gasteiger charge is -2.20. The van der Waals surface area contributed by atoms with Gasteiger partial charge in [0.1, 0.15) is 6.61 Å². The molecule has 1 unspecified atom stereocenters. The van der Waals surface area contributed by atoms with Crippen molar-refractivity contribution in [2.75, 3.05) is 13.2 Å². The lowest BCUT2D eigenvalue weighted by molar-refractivity contribution is 0.136. The van der Waals surface area contributed by atoms with Gasteiger partial charge < -0.3 is 15.2 Å². The van der Waals surface area contributed by atoms with Crippen LogP contribution in [0.2, 0.25) is 0 Å². The first-order chi connectivity index (χ1) is 14.2. The van der Waals surface area contributed by atoms with Crippen LogP contribution in [0.5, 0.6) is 0 Å². The molecule has 1 amide bonds. The third kappa shape index (κ3) is 4.03. The molecule has 2 N–H and O–H groups in total. The molecule has 4 heteroatoms. The highest BCUT2D eigenvalue weighted by atomic mass is 16.5. The molecule has 4 rings (SSSR count). The number of benzene rings is 3. The maximum Gasteiger partial charge on any atom is 0.407 e. The molecule has 1 atom stereocenters. The number of aliphatic hydroxyl groups excluding tert-OH is 1. The number of carbonyl (C=O) groups is 1. The number of alkyl carbamates (subject to hydrolysis) is 1. The number of aryl methyl sites for hydroxylation is 1. The SMILES string of the molecule is Cc1cccc(C(CCO)NC(=O)OCC2c3ccccc3-c3ccccc32)c1. The number of amides is 1. The predicted octanol–water partition coefficient (Wildman–Crippen LogP) is 4.96. The molecule has 0 aromatic heterocycles. The first kappa shape index (κ1) is 19.2. The van der Waals surface area contributed by atoms with Gasteiger partial charge in [0.2, 0.25) is 0 Å². The molecule has 4 nitrogen and oxygen atoms in total. The van der Waals surface area contributed by atoms with Gasteiger partial charge >= 0.3 is 6.09 Å². The smallest absolute Gasteiger partial charge is 0.407 e. The van der Waals surface area contributed by atoms with Gasteiger partial charge in [-0.15, -0.1) is 0 Å². The maximum absolute atomic E-state index is 12.6. The average Bonchev–Trinajstić information content (AvgIpc) is 3.06. The molecule has 0 bridgehead atoms. The van der Waals surface area contributed by atoms with Crippen LogP contribution in [-0.2, 0) is 4.74 Å². The summed E-state index contributed by atoms with van der Waals surface area (Å²) in [6.07, 6.45) is -0.0278. The van der Waals surface area contributed by atoms with Crippen molar-refractivity contribution in [2.45, 2.75) is 25.3 Å². The van der Waals surface area contributed by atoms with E-state index in [1.54, 1.807) is 0 Å². The van der Waals surface area contributed by atoms with Crippen LogP contribution in [0.3, 0.4) is 0 Å². The van der Waals surface area contributed by atoms with Crippen LogP contribution in [0, 0.1) is 6.92 Å². The standard InChI is InChI=1S/C25H25NO3/c1-17-7-6-8-18(15-17)24(13-14-27)26-25(28)29-16-23-21-11-4-2-9-19(21)20-10-3-5-12-22(20)23/h2-12,15,23-24,27H,13-14,16H2,1H3,(H,26,28). The van der Waals surface area contributed by atoms with E-state index in [9.17, 15) is 9.90 Å². The molecule has 1 aliphatic rings. The summed E-state index contributed by atoms with van der Waals surface area (Å²) < 4.78 is 5.64. The van der Waals surface area contributed by atoms with Crippen LogP contribution < -0.4 is 5.32 Å². The number of aliphatic hydroxyl groups is 1. The van der Waals surface area contributed by atoms with E-state index in [2.05, 4.69) is 29.6 Å². The van der Waals surface area contributed by atoms with Gasteiger partial charge in [-0.1, -0.05) is 78.4 Å². The number of ether oxygens (including phenoxy) is 1. The van der Waals surface area contributed by atoms with Crippen LogP contribution in [0.15, 0.2) is 72.8 Å². The third-order valence-electron chi connectivity index (χ3n) is 5.50. The zero-order valence-electron chi connectivity index (χ0n) is 16.5. The molecule has 3 aromatic rings. The predicted molar refractivity (Wildman–Crippen MR) is 114 cm³/mol. The number of rotatable bonds is 6. The Morgan fingerprint density at radius 3 is 2.28 bits per heavy atom. The number of nitrogens with one attached hydrogen (secondary N) is 1. The summed E-state index contributed by atoms with van der Waals surface area (Å²) in [4.78, 5) is 12.6. The Morgan fingerprint density at radius 2 is 1.66 bits per heavy atom. The van der Waals surface area contributed by atoms with E-state index in [1.807, 2.05) is 55.5 Å². The van der Waals surface area contributed by atoms with Gasteiger partial charge in [-0.3, -0.25) is 0 Å². The fourth-order valence-corrected chi connectivity index (χ4v) is 4.12. The molecule has 0 radical (unpaired) electrons. The monoisotopic (exact) mass is 387 g/mol. The largest absolute Gasteiger partial charge is 0.449 e. The van der Waals surface area contributed by atoms with Crippen molar-refractivity contribution >= 4 is 6.09 Å². The van der Waals surface area contributed by atoms with Crippen molar-refractivity contribution in [3.05, 3.63) is 95.1 Å². The molecule has 0 aliphatic heterocycles. The van der Waals surface area contributed by atoms with Crippen molar-refractivity contribution < 1.29 is 14.6 Å². The molecule has 0 fully saturated rings. The van der Waals surface area contributed by atoms with Crippen molar-refractivity contribution in [1.29, 1.82) is 0 Å². The lowest BCUT2D eigenvalue weighted by atomic mass is 9.98. The highest BCUT2D eigenvalue weighted by Crippen LogP contribution is 2.44. The second-order valence-corrected chi connectivity index (χ2v) is 7.45. The molecule has 0 heterocycles. The van der Waals surface area contributed by atoms with Crippen LogP contribution >= 0.6 is 0 Å². The minimum Gasteiger partial charge on any atom is -0.449 e. The molecular weight excluding hydrogens is 362 g/mol. The summed E-state index contributed by atoms with van der Waals surface area (Å²) in [6.45, 7) is 2.27. The summed E-state index contributed by atoms with van der Waals surface area (Å²) in [5.41, 5.74) is 6.86. The lowest BCUT2D eigenvalue weighted by Crippen LogP contribution is -2.31. The number of hydrogen-bond donors (Lipinski definition) is 2. The Bertz CT molecular complexity index is 969. The van der Waals surface area contributed by atoms with Crippen LogP contribution in [0.1, 0.15) is 40.6 Å². The summed E-state index contributed by atoms with van der Waals surface area (Å²) in [5.74, 6) is 0.0309. The average molecular weight is 387 g/mol. The molecule has 0 saturated heterocycles. The quantitative estimate of drug-likeness (QED) is 0.629. The summed E-state index contributed by atoms with van der Waals surface area (Å²) >= 11 is 0. The van der Waals surface area contributed by atoms with E-state index in [0.717, 1.165) is 11.1 Å². The van der Waals surface area contributed by atoms with Crippen molar-refractivity contribution in [2.24, 2.45) is 0 Å². The number of fused-ring (bicyclic) bond motifs is 3. The minimum absolute atomic E-state index is 0.0116. The summed E-state index contributed by atoms with van der Waals surface area (Å²) in [5, 5.41) is 12.3. The highest BCUT2D eigenvalue weighted by molar-refractivity contribution is 5.79. The fraction of sp³-hybridized carbons (Fsp3) is 0.240. The van der Waals surface area contributed by atoms with Crippen LogP contribution in [0.25, 0.3) is 11.1 Å². The van der Waals surface area contributed by atoms with Gasteiger partial charge in [0, 0.05) is 12.5 Å². The van der Waals surface area contributed by atoms with Gasteiger partial charge in [0.05, 0.1) is 6.04 Å². The molecule has 148 valence electrons. The van der Waals surface area contributed by atoms with E-state index in [-0.39, 0.29) is 25.2 Å². The Kier molecular flexibility index (Phi) is 5.63. The van der Waals surface area contributed by atoms with Crippen LogP contribution in [-0.4, -0.2) is 24.4 Å². The van der Waals surface area contributed by atoms with Gasteiger partial charge in [-0.25, -0.2) is 4.79 Å². The molecular formula is C25H25NO3. The van der Waals surface area contributed by atoms with E-state index in [4.69, 9.17) is 4.74 Å². The molecule has 0 saturated carbocycles. The zero-order chi connectivity index (χ0) is 20.2. The Balaban J connectivity index is 1.47. The normalized spacial score (nSPS) is 13.4. The second-order valence-electron chi connectivity index (χ2n) is 7.45. The van der Waals surface area contributed by atoms with Crippen LogP contribution in [0.4, 0.5) is 4.79 Å². The van der Waals surface area contributed by atoms with Gasteiger partial charge in [-0.05, 0) is 41.2 Å². The van der Waals surface area contributed by atoms with Crippen molar-refractivity contribution in [1.82, 2.24) is 5.32 Å². The number of carbonyl (C=O) groups excluding carboxylic acids is 1. The van der Waals surface area contributed by atoms with E-state index in [0.29, 0.717) is 6.42 Å². The Labute approximate surface area is 171 Å². The maximum atomic E-state index is 12.6. The third-order valence-corrected chi connectivity index (χ3v) is 5.50. The Morgan fingerprint density at radius 1 is 1.00 bits per heavy atom. The molecule has 0 spiro atoms. The summed E-state index contributed by atoms with van der Waals surface area (Å²) in [6, 6.07) is 24.2. The van der Waals surface area contributed by atoms with Gasteiger partial charge in [0.15, 0.2) is 0 Å². The van der Waals surface area contributed by atoms with Crippen molar-refractivity contribution in [3.8, 4) is 11.1 Å². The van der Waals surface area contributed by atoms with E-state index < -0.39 is 6.09 Å². The zero-order valence-corrected chi connectivity index (χ0v) is 16.5. The summed E-state index contributed by atoms with van der Waals surface area (Å²) in [7, 11) is 0. The first-order valence-electron chi connectivity index (χ1n) is 9.96. The molecule has 29 heavy (non-hydrogen) atoms. The molecule has 1 aliphatic carbocycles. The highest BCUT2D eigenvalue weighted by Gasteiger charge is 2.29. The molecule has 3 aromatic carbocycles. The van der Waals surface area contributed by atoms with Gasteiger partial charge in [0.25, 0.3) is 0 Å². The minimum atomic E-state index is -0.466. The van der Waals surface area contributed by atoms with E-state index in [1.165, 1.54) is 22.3 Å². The topological polar surface area (TPSA) is 58.6 Å². The second kappa shape index (κ2) is 8.50. The number of hydrogen-bond acceptors (Lipinski definition) is 3. The van der Waals surface area contributed by atoms with E-state index >= 15 is 0 Å². The fourth-order valence-electron chi connectivity index (χ4n) is 4.12. The van der Waals surface area contributed by atoms with Gasteiger partial charge in [-0.2, -0.15) is 0 Å². The Hall–Kier alpha value is -3.11. The van der Waals surface area contributed by atoms with Crippen molar-refractivity contribution in [3.63, 3.8) is 0 Å². The first-order valence-corrected chi connectivity index (χ1v) is 9.96.